The molecule has 2 fully saturated rings. The summed E-state index contributed by atoms with van der Waals surface area (Å²) < 4.78 is 0. The predicted molar refractivity (Wildman–Crippen MR) is 73.8 cm³/mol. The SMILES string of the molecule is CN(C)C(=O)N1CCCC(C(=O)N2CCCCC2)C1. The maximum atomic E-state index is 12.5. The van der Waals surface area contributed by atoms with Crippen LogP contribution >= 0.6 is 0 Å². The van der Waals surface area contributed by atoms with Crippen LogP contribution in [0.3, 0.4) is 0 Å². The maximum Gasteiger partial charge on any atom is 0.319 e. The van der Waals surface area contributed by atoms with Crippen molar-refractivity contribution >= 4 is 11.9 Å². The molecule has 2 heterocycles. The van der Waals surface area contributed by atoms with Gasteiger partial charge in [0.2, 0.25) is 5.91 Å². The fraction of sp³-hybridized carbons (Fsp3) is 0.857. The maximum absolute atomic E-state index is 12.5. The minimum atomic E-state index is 0.00995. The zero-order chi connectivity index (χ0) is 13.8. The minimum absolute atomic E-state index is 0.00995. The zero-order valence-corrected chi connectivity index (χ0v) is 12.1. The van der Waals surface area contributed by atoms with Crippen LogP contribution in [-0.4, -0.2) is 66.9 Å². The first-order valence-electron chi connectivity index (χ1n) is 7.34. The number of hydrogen-bond donors (Lipinski definition) is 0. The number of carbonyl (C=O) groups excluding carboxylic acids is 2. The van der Waals surface area contributed by atoms with E-state index in [0.29, 0.717) is 6.54 Å². The van der Waals surface area contributed by atoms with E-state index in [2.05, 4.69) is 0 Å². The van der Waals surface area contributed by atoms with Gasteiger partial charge in [0.1, 0.15) is 0 Å². The molecule has 3 amide bonds. The Morgan fingerprint density at radius 3 is 2.21 bits per heavy atom. The van der Waals surface area contributed by atoms with Crippen molar-refractivity contribution in [2.45, 2.75) is 32.1 Å². The van der Waals surface area contributed by atoms with Gasteiger partial charge in [-0.25, -0.2) is 4.79 Å². The van der Waals surface area contributed by atoms with E-state index in [1.54, 1.807) is 19.0 Å². The number of piperidine rings is 2. The molecule has 0 aromatic heterocycles. The summed E-state index contributed by atoms with van der Waals surface area (Å²) in [7, 11) is 3.52. The first-order valence-corrected chi connectivity index (χ1v) is 7.34. The van der Waals surface area contributed by atoms with Crippen molar-refractivity contribution in [3.63, 3.8) is 0 Å². The number of urea groups is 1. The van der Waals surface area contributed by atoms with Gasteiger partial charge in [0, 0.05) is 40.3 Å². The van der Waals surface area contributed by atoms with E-state index < -0.39 is 0 Å². The average molecular weight is 267 g/mol. The van der Waals surface area contributed by atoms with Crippen molar-refractivity contribution in [1.82, 2.24) is 14.7 Å². The fourth-order valence-corrected chi connectivity index (χ4v) is 3.01. The molecule has 0 spiro atoms. The third kappa shape index (κ3) is 3.39. The number of rotatable bonds is 1. The van der Waals surface area contributed by atoms with Gasteiger partial charge in [0.15, 0.2) is 0 Å². The Bertz CT molecular complexity index is 338. The quantitative estimate of drug-likeness (QED) is 0.720. The van der Waals surface area contributed by atoms with Crippen LogP contribution < -0.4 is 0 Å². The van der Waals surface area contributed by atoms with Crippen molar-refractivity contribution in [2.24, 2.45) is 5.92 Å². The second-order valence-electron chi connectivity index (χ2n) is 5.85. The Morgan fingerprint density at radius 1 is 0.947 bits per heavy atom. The van der Waals surface area contributed by atoms with E-state index in [-0.39, 0.29) is 17.9 Å². The molecule has 0 saturated carbocycles. The van der Waals surface area contributed by atoms with E-state index in [1.807, 2.05) is 9.80 Å². The lowest BCUT2D eigenvalue weighted by Gasteiger charge is -2.37. The van der Waals surface area contributed by atoms with Crippen LogP contribution in [0, 0.1) is 5.92 Å². The summed E-state index contributed by atoms with van der Waals surface area (Å²) in [6.07, 6.45) is 5.34. The summed E-state index contributed by atoms with van der Waals surface area (Å²) in [4.78, 5) is 29.8. The summed E-state index contributed by atoms with van der Waals surface area (Å²) in [6.45, 7) is 3.17. The van der Waals surface area contributed by atoms with Gasteiger partial charge in [-0.2, -0.15) is 0 Å². The lowest BCUT2D eigenvalue weighted by molar-refractivity contribution is -0.137. The highest BCUT2D eigenvalue weighted by Crippen LogP contribution is 2.21. The molecule has 108 valence electrons. The summed E-state index contributed by atoms with van der Waals surface area (Å²) >= 11 is 0. The third-order valence-electron chi connectivity index (χ3n) is 4.09. The second-order valence-corrected chi connectivity index (χ2v) is 5.85. The first kappa shape index (κ1) is 14.2. The second kappa shape index (κ2) is 6.26. The van der Waals surface area contributed by atoms with Crippen LogP contribution in [-0.2, 0) is 4.79 Å². The van der Waals surface area contributed by atoms with Gasteiger partial charge in [-0.05, 0) is 32.1 Å². The first-order chi connectivity index (χ1) is 9.09. The Labute approximate surface area is 115 Å². The van der Waals surface area contributed by atoms with Crippen LogP contribution in [0.5, 0.6) is 0 Å². The highest BCUT2D eigenvalue weighted by Gasteiger charge is 2.32. The number of hydrogen-bond acceptors (Lipinski definition) is 2. The summed E-state index contributed by atoms with van der Waals surface area (Å²) in [6, 6.07) is 0.0242. The van der Waals surface area contributed by atoms with E-state index >= 15 is 0 Å². The normalized spacial score (nSPS) is 24.2. The topological polar surface area (TPSA) is 43.9 Å². The predicted octanol–water partition coefficient (Wildman–Crippen LogP) is 1.39. The largest absolute Gasteiger partial charge is 0.342 e. The number of likely N-dealkylation sites (tertiary alicyclic amines) is 2. The molecule has 1 atom stereocenters. The molecule has 5 heteroatoms. The van der Waals surface area contributed by atoms with Gasteiger partial charge < -0.3 is 14.7 Å². The minimum Gasteiger partial charge on any atom is -0.342 e. The third-order valence-corrected chi connectivity index (χ3v) is 4.09. The van der Waals surface area contributed by atoms with Gasteiger partial charge in [-0.3, -0.25) is 4.79 Å². The number of amides is 3. The molecule has 19 heavy (non-hydrogen) atoms. The van der Waals surface area contributed by atoms with Crippen LogP contribution in [0.2, 0.25) is 0 Å². The highest BCUT2D eigenvalue weighted by atomic mass is 16.2. The number of carbonyl (C=O) groups is 2. The van der Waals surface area contributed by atoms with Crippen molar-refractivity contribution in [3.8, 4) is 0 Å². The molecule has 2 aliphatic heterocycles. The molecule has 0 radical (unpaired) electrons. The van der Waals surface area contributed by atoms with Gasteiger partial charge in [0.05, 0.1) is 5.92 Å². The van der Waals surface area contributed by atoms with Gasteiger partial charge in [-0.15, -0.1) is 0 Å². The van der Waals surface area contributed by atoms with E-state index in [9.17, 15) is 9.59 Å². The summed E-state index contributed by atoms with van der Waals surface area (Å²) in [5.74, 6) is 0.270. The highest BCUT2D eigenvalue weighted by molar-refractivity contribution is 5.81. The molecule has 5 nitrogen and oxygen atoms in total. The molecular formula is C14H25N3O2. The van der Waals surface area contributed by atoms with Crippen molar-refractivity contribution in [3.05, 3.63) is 0 Å². The van der Waals surface area contributed by atoms with Gasteiger partial charge >= 0.3 is 6.03 Å². The molecule has 2 aliphatic rings. The summed E-state index contributed by atoms with van der Waals surface area (Å²) in [5, 5.41) is 0. The molecule has 0 N–H and O–H groups in total. The fourth-order valence-electron chi connectivity index (χ4n) is 3.01. The Hall–Kier alpha value is -1.26. The molecule has 0 bridgehead atoms. The van der Waals surface area contributed by atoms with Crippen LogP contribution in [0.15, 0.2) is 0 Å². The van der Waals surface area contributed by atoms with Crippen LogP contribution in [0.25, 0.3) is 0 Å². The molecular weight excluding hydrogens is 242 g/mol. The number of nitrogens with zero attached hydrogens (tertiary/aromatic N) is 3. The smallest absolute Gasteiger partial charge is 0.319 e. The van der Waals surface area contributed by atoms with Gasteiger partial charge in [0.25, 0.3) is 0 Å². The van der Waals surface area contributed by atoms with Crippen molar-refractivity contribution < 1.29 is 9.59 Å². The van der Waals surface area contributed by atoms with Crippen molar-refractivity contribution in [2.75, 3.05) is 40.3 Å². The molecule has 0 aliphatic carbocycles. The molecule has 2 rings (SSSR count). The van der Waals surface area contributed by atoms with Crippen LogP contribution in [0.1, 0.15) is 32.1 Å². The Kier molecular flexibility index (Phi) is 4.66. The molecule has 1 unspecified atom stereocenters. The average Bonchev–Trinajstić information content (AvgIpc) is 2.46. The summed E-state index contributed by atoms with van der Waals surface area (Å²) in [5.41, 5.74) is 0. The Morgan fingerprint density at radius 2 is 1.58 bits per heavy atom. The van der Waals surface area contributed by atoms with Crippen molar-refractivity contribution in [1.29, 1.82) is 0 Å². The van der Waals surface area contributed by atoms with Crippen LogP contribution in [0.4, 0.5) is 4.79 Å². The van der Waals surface area contributed by atoms with E-state index in [4.69, 9.17) is 0 Å². The zero-order valence-electron chi connectivity index (χ0n) is 12.1. The Balaban J connectivity index is 1.92. The lowest BCUT2D eigenvalue weighted by Crippen LogP contribution is -2.50. The van der Waals surface area contributed by atoms with Gasteiger partial charge in [-0.1, -0.05) is 0 Å². The molecule has 0 aromatic rings. The molecule has 2 saturated heterocycles. The van der Waals surface area contributed by atoms with E-state index in [0.717, 1.165) is 45.3 Å². The lowest BCUT2D eigenvalue weighted by atomic mass is 9.95. The van der Waals surface area contributed by atoms with E-state index in [1.165, 1.54) is 6.42 Å². The molecule has 0 aromatic carbocycles. The monoisotopic (exact) mass is 267 g/mol. The standard InChI is InChI=1S/C14H25N3O2/c1-15(2)14(19)17-10-6-7-12(11-17)13(18)16-8-4-3-5-9-16/h12H,3-11H2,1-2H3.